The first-order valence-electron chi connectivity index (χ1n) is 12.7. The Bertz CT molecular complexity index is 1500. The Morgan fingerprint density at radius 1 is 0.943 bits per heavy atom. The number of Topliss-reactive ketones (excluding diaryl/α,β-unsaturated/α-hetero) is 1. The van der Waals surface area contributed by atoms with Crippen LogP contribution in [0.1, 0.15) is 62.3 Å². The molecule has 1 unspecified atom stereocenters. The summed E-state index contributed by atoms with van der Waals surface area (Å²) in [6.07, 6.45) is 7.95. The highest BCUT2D eigenvalue weighted by Crippen LogP contribution is 2.52. The molecule has 0 aliphatic heterocycles. The molecule has 3 aliphatic carbocycles. The van der Waals surface area contributed by atoms with E-state index in [2.05, 4.69) is 100 Å². The van der Waals surface area contributed by atoms with Gasteiger partial charge in [-0.05, 0) is 75.8 Å². The Balaban J connectivity index is 1.45. The van der Waals surface area contributed by atoms with Crippen molar-refractivity contribution in [3.05, 3.63) is 113 Å². The third-order valence-electron chi connectivity index (χ3n) is 8.08. The van der Waals surface area contributed by atoms with Crippen LogP contribution in [0, 0.1) is 11.3 Å². The number of hydrogen-bond donors (Lipinski definition) is 0. The van der Waals surface area contributed by atoms with Crippen molar-refractivity contribution < 1.29 is 4.79 Å². The molecule has 1 nitrogen and oxygen atoms in total. The summed E-state index contributed by atoms with van der Waals surface area (Å²) in [7, 11) is 0. The monoisotopic (exact) mass is 456 g/mol. The van der Waals surface area contributed by atoms with Crippen molar-refractivity contribution in [2.24, 2.45) is 11.3 Å². The zero-order valence-electron chi connectivity index (χ0n) is 20.9. The minimum Gasteiger partial charge on any atom is -0.294 e. The molecule has 0 fully saturated rings. The normalized spacial score (nSPS) is 20.9. The van der Waals surface area contributed by atoms with Crippen molar-refractivity contribution >= 4 is 33.3 Å². The second kappa shape index (κ2) is 8.05. The zero-order valence-corrected chi connectivity index (χ0v) is 20.9. The summed E-state index contributed by atoms with van der Waals surface area (Å²) in [5.74, 6) is 0.504. The number of ketones is 1. The first kappa shape index (κ1) is 22.0. The SMILES string of the molecule is C=C(C)c1ccccc1C1=CC=C(C2Cc3ccc4ccccc4c3C3=C2C(=O)CC(C)(C)C3)C1. The van der Waals surface area contributed by atoms with E-state index in [-0.39, 0.29) is 11.3 Å². The van der Waals surface area contributed by atoms with Gasteiger partial charge in [0.05, 0.1) is 0 Å². The van der Waals surface area contributed by atoms with Crippen LogP contribution in [0.5, 0.6) is 0 Å². The van der Waals surface area contributed by atoms with Crippen LogP contribution in [-0.4, -0.2) is 5.78 Å². The van der Waals surface area contributed by atoms with Gasteiger partial charge in [0.2, 0.25) is 0 Å². The lowest BCUT2D eigenvalue weighted by Gasteiger charge is -2.40. The summed E-state index contributed by atoms with van der Waals surface area (Å²) >= 11 is 0. The average Bonchev–Trinajstić information content (AvgIpc) is 3.32. The lowest BCUT2D eigenvalue weighted by atomic mass is 9.63. The third kappa shape index (κ3) is 3.65. The number of hydrogen-bond acceptors (Lipinski definition) is 1. The summed E-state index contributed by atoms with van der Waals surface area (Å²) in [4.78, 5) is 13.7. The van der Waals surface area contributed by atoms with E-state index in [4.69, 9.17) is 0 Å². The maximum Gasteiger partial charge on any atom is 0.160 e. The molecule has 0 spiro atoms. The van der Waals surface area contributed by atoms with Crippen molar-refractivity contribution in [3.8, 4) is 0 Å². The predicted molar refractivity (Wildman–Crippen MR) is 148 cm³/mol. The van der Waals surface area contributed by atoms with Gasteiger partial charge in [-0.2, -0.15) is 0 Å². The van der Waals surface area contributed by atoms with Gasteiger partial charge in [-0.1, -0.05) is 104 Å². The van der Waals surface area contributed by atoms with Gasteiger partial charge < -0.3 is 0 Å². The molecule has 3 aromatic rings. The molecule has 0 aromatic heterocycles. The smallest absolute Gasteiger partial charge is 0.160 e. The van der Waals surface area contributed by atoms with E-state index < -0.39 is 0 Å². The molecule has 0 N–H and O–H groups in total. The molecule has 0 radical (unpaired) electrons. The van der Waals surface area contributed by atoms with Crippen LogP contribution < -0.4 is 0 Å². The average molecular weight is 457 g/mol. The summed E-state index contributed by atoms with van der Waals surface area (Å²) in [5.41, 5.74) is 11.3. The Kier molecular flexibility index (Phi) is 5.07. The summed E-state index contributed by atoms with van der Waals surface area (Å²) < 4.78 is 0. The molecule has 0 saturated heterocycles. The maximum atomic E-state index is 13.7. The Morgan fingerprint density at radius 2 is 1.71 bits per heavy atom. The fraction of sp³-hybridized carbons (Fsp3) is 0.265. The fourth-order valence-electron chi connectivity index (χ4n) is 6.55. The number of fused-ring (bicyclic) bond motifs is 4. The van der Waals surface area contributed by atoms with Gasteiger partial charge in [-0.3, -0.25) is 4.79 Å². The molecule has 174 valence electrons. The third-order valence-corrected chi connectivity index (χ3v) is 8.08. The van der Waals surface area contributed by atoms with Crippen molar-refractivity contribution in [2.75, 3.05) is 0 Å². The maximum absolute atomic E-state index is 13.7. The van der Waals surface area contributed by atoms with Gasteiger partial charge in [-0.25, -0.2) is 0 Å². The predicted octanol–water partition coefficient (Wildman–Crippen LogP) is 8.60. The van der Waals surface area contributed by atoms with Crippen LogP contribution in [0.3, 0.4) is 0 Å². The lowest BCUT2D eigenvalue weighted by Crippen LogP contribution is -2.32. The Labute approximate surface area is 208 Å². The van der Waals surface area contributed by atoms with E-state index in [1.54, 1.807) is 0 Å². The molecule has 1 atom stereocenters. The summed E-state index contributed by atoms with van der Waals surface area (Å²) in [6, 6.07) is 21.8. The molecular weight excluding hydrogens is 424 g/mol. The molecule has 0 saturated carbocycles. The Hall–Kier alpha value is -3.45. The van der Waals surface area contributed by atoms with E-state index in [0.717, 1.165) is 30.4 Å². The summed E-state index contributed by atoms with van der Waals surface area (Å²) in [6.45, 7) is 10.8. The van der Waals surface area contributed by atoms with Crippen molar-refractivity contribution in [2.45, 2.75) is 46.5 Å². The number of allylic oxidation sites excluding steroid dienone is 7. The van der Waals surface area contributed by atoms with Crippen LogP contribution in [0.25, 0.3) is 27.5 Å². The molecule has 6 rings (SSSR count). The quantitative estimate of drug-likeness (QED) is 0.385. The molecule has 3 aromatic carbocycles. The van der Waals surface area contributed by atoms with Crippen LogP contribution in [0.15, 0.2) is 90.5 Å². The van der Waals surface area contributed by atoms with Crippen LogP contribution >= 0.6 is 0 Å². The van der Waals surface area contributed by atoms with Gasteiger partial charge in [0.25, 0.3) is 0 Å². The number of carbonyl (C=O) groups is 1. The minimum atomic E-state index is -0.0140. The van der Waals surface area contributed by atoms with Gasteiger partial charge in [0.15, 0.2) is 5.78 Å². The van der Waals surface area contributed by atoms with Gasteiger partial charge in [0.1, 0.15) is 0 Å². The largest absolute Gasteiger partial charge is 0.294 e. The van der Waals surface area contributed by atoms with E-state index in [1.165, 1.54) is 49.7 Å². The van der Waals surface area contributed by atoms with Crippen LogP contribution in [-0.2, 0) is 11.2 Å². The lowest BCUT2D eigenvalue weighted by molar-refractivity contribution is -0.118. The van der Waals surface area contributed by atoms with Crippen LogP contribution in [0.2, 0.25) is 0 Å². The number of carbonyl (C=O) groups excluding carboxylic acids is 1. The van der Waals surface area contributed by atoms with E-state index in [0.29, 0.717) is 12.2 Å². The number of benzene rings is 3. The van der Waals surface area contributed by atoms with Gasteiger partial charge >= 0.3 is 0 Å². The highest BCUT2D eigenvalue weighted by molar-refractivity contribution is 6.10. The molecule has 35 heavy (non-hydrogen) atoms. The van der Waals surface area contributed by atoms with Crippen LogP contribution in [0.4, 0.5) is 0 Å². The highest BCUT2D eigenvalue weighted by atomic mass is 16.1. The standard InChI is InChI=1S/C34H32O/c1-21(2)26-10-7-8-11-27(26)23-14-15-24(17-23)29-18-25-16-13-22-9-5-6-12-28(22)32(25)30-19-34(3,4)20-31(35)33(29)30/h5-16,29H,1,17-20H2,2-4H3. The molecule has 1 heteroatoms. The van der Waals surface area contributed by atoms with Gasteiger partial charge in [-0.15, -0.1) is 0 Å². The van der Waals surface area contributed by atoms with E-state index >= 15 is 0 Å². The topological polar surface area (TPSA) is 17.1 Å². The number of rotatable bonds is 3. The molecule has 0 amide bonds. The second-order valence-electron chi connectivity index (χ2n) is 11.3. The van der Waals surface area contributed by atoms with Gasteiger partial charge in [0, 0.05) is 17.9 Å². The Morgan fingerprint density at radius 3 is 2.54 bits per heavy atom. The molecular formula is C34H32O. The summed E-state index contributed by atoms with van der Waals surface area (Å²) in [5, 5.41) is 2.55. The highest BCUT2D eigenvalue weighted by Gasteiger charge is 2.41. The molecule has 3 aliphatic rings. The zero-order chi connectivity index (χ0) is 24.3. The first-order chi connectivity index (χ1) is 16.8. The van der Waals surface area contributed by atoms with E-state index in [1.807, 2.05) is 0 Å². The van der Waals surface area contributed by atoms with Crippen molar-refractivity contribution in [1.29, 1.82) is 0 Å². The minimum absolute atomic E-state index is 0.0140. The van der Waals surface area contributed by atoms with Crippen molar-refractivity contribution in [1.82, 2.24) is 0 Å². The first-order valence-corrected chi connectivity index (χ1v) is 12.7. The van der Waals surface area contributed by atoms with Crippen molar-refractivity contribution in [3.63, 3.8) is 0 Å². The fourth-order valence-corrected chi connectivity index (χ4v) is 6.55. The second-order valence-corrected chi connectivity index (χ2v) is 11.3. The molecule has 0 bridgehead atoms. The molecule has 0 heterocycles. The van der Waals surface area contributed by atoms with E-state index in [9.17, 15) is 4.79 Å².